The molecular formula is C18H17ClNO4-. The minimum absolute atomic E-state index is 0. The van der Waals surface area contributed by atoms with Gasteiger partial charge in [0, 0.05) is 5.56 Å². The summed E-state index contributed by atoms with van der Waals surface area (Å²) in [7, 11) is 1.37. The molecule has 1 N–H and O–H groups in total. The Labute approximate surface area is 146 Å². The zero-order valence-electron chi connectivity index (χ0n) is 13.1. The summed E-state index contributed by atoms with van der Waals surface area (Å²) in [6, 6.07) is 14.7. The Hall–Kier alpha value is -2.50. The molecule has 0 amide bonds. The Kier molecular flexibility index (Phi) is 6.23. The first-order chi connectivity index (χ1) is 11.3. The minimum atomic E-state index is -0.348. The van der Waals surface area contributed by atoms with E-state index >= 15 is 0 Å². The third-order valence-corrected chi connectivity index (χ3v) is 3.43. The predicted octanol–water partition coefficient (Wildman–Crippen LogP) is 0.620. The lowest BCUT2D eigenvalue weighted by atomic mass is 10.1. The van der Waals surface area contributed by atoms with Crippen molar-refractivity contribution in [3.63, 3.8) is 0 Å². The maximum absolute atomic E-state index is 11.4. The van der Waals surface area contributed by atoms with Crippen molar-refractivity contribution in [2.45, 2.75) is 13.1 Å². The van der Waals surface area contributed by atoms with Gasteiger partial charge in [-0.15, -0.1) is 0 Å². The van der Waals surface area contributed by atoms with Crippen LogP contribution in [0.3, 0.4) is 0 Å². The number of halogens is 1. The molecule has 0 aliphatic heterocycles. The van der Waals surface area contributed by atoms with E-state index in [1.54, 1.807) is 18.4 Å². The maximum atomic E-state index is 11.4. The van der Waals surface area contributed by atoms with E-state index in [2.05, 4.69) is 10.1 Å². The Morgan fingerprint density at radius 3 is 2.46 bits per heavy atom. The van der Waals surface area contributed by atoms with E-state index in [0.29, 0.717) is 18.7 Å². The average Bonchev–Trinajstić information content (AvgIpc) is 3.26. The monoisotopic (exact) mass is 346 g/mol. The van der Waals surface area contributed by atoms with E-state index in [1.165, 1.54) is 7.11 Å². The van der Waals surface area contributed by atoms with Crippen LogP contribution in [0.5, 0.6) is 0 Å². The number of benzene rings is 1. The molecule has 1 aromatic carbocycles. The van der Waals surface area contributed by atoms with Crippen LogP contribution in [-0.2, 0) is 17.8 Å². The minimum Gasteiger partial charge on any atom is -1.00 e. The summed E-state index contributed by atoms with van der Waals surface area (Å²) in [5, 5.41) is 3.25. The molecule has 0 radical (unpaired) electrons. The molecule has 5 nitrogen and oxygen atoms in total. The van der Waals surface area contributed by atoms with Gasteiger partial charge in [-0.1, -0.05) is 12.1 Å². The first-order valence-electron chi connectivity index (χ1n) is 7.27. The molecule has 0 saturated heterocycles. The topological polar surface area (TPSA) is 64.6 Å². The maximum Gasteiger partial charge on any atom is 0.337 e. The second-order valence-electron chi connectivity index (χ2n) is 5.02. The lowest BCUT2D eigenvalue weighted by molar-refractivity contribution is -0.0000203. The Bertz CT molecular complexity index is 763. The van der Waals surface area contributed by atoms with Crippen molar-refractivity contribution >= 4 is 5.97 Å². The first kappa shape index (κ1) is 17.8. The van der Waals surface area contributed by atoms with E-state index < -0.39 is 0 Å². The molecule has 0 spiro atoms. The van der Waals surface area contributed by atoms with Gasteiger partial charge >= 0.3 is 5.97 Å². The lowest BCUT2D eigenvalue weighted by Gasteiger charge is -2.02. The number of hydrogen-bond acceptors (Lipinski definition) is 5. The second kappa shape index (κ2) is 8.38. The number of methoxy groups -OCH3 is 1. The van der Waals surface area contributed by atoms with E-state index in [4.69, 9.17) is 8.83 Å². The van der Waals surface area contributed by atoms with Crippen molar-refractivity contribution in [2.24, 2.45) is 0 Å². The Morgan fingerprint density at radius 2 is 1.79 bits per heavy atom. The summed E-state index contributed by atoms with van der Waals surface area (Å²) >= 11 is 0. The van der Waals surface area contributed by atoms with Gasteiger partial charge < -0.3 is 31.3 Å². The Balaban J connectivity index is 0.00000208. The summed E-state index contributed by atoms with van der Waals surface area (Å²) < 4.78 is 15.7. The molecule has 0 fully saturated rings. The van der Waals surface area contributed by atoms with Gasteiger partial charge in [0.1, 0.15) is 17.3 Å². The number of rotatable bonds is 6. The summed E-state index contributed by atoms with van der Waals surface area (Å²) in [5.74, 6) is 2.13. The molecular weight excluding hydrogens is 330 g/mol. The fraction of sp³-hybridized carbons (Fsp3) is 0.167. The number of nitrogens with one attached hydrogen (secondary N) is 1. The van der Waals surface area contributed by atoms with Crippen molar-refractivity contribution in [3.05, 3.63) is 71.9 Å². The molecule has 3 rings (SSSR count). The number of carbonyl (C=O) groups excluding carboxylic acids is 1. The number of ether oxygens (including phenoxy) is 1. The Morgan fingerprint density at radius 1 is 1.04 bits per heavy atom. The summed E-state index contributed by atoms with van der Waals surface area (Å²) in [5.41, 5.74) is 1.43. The highest BCUT2D eigenvalue weighted by Crippen LogP contribution is 2.22. The first-order valence-corrected chi connectivity index (χ1v) is 7.27. The normalized spacial score (nSPS) is 10.2. The van der Waals surface area contributed by atoms with E-state index in [1.807, 2.05) is 36.4 Å². The van der Waals surface area contributed by atoms with Gasteiger partial charge in [0.15, 0.2) is 0 Å². The molecule has 2 aromatic heterocycles. The van der Waals surface area contributed by atoms with Crippen LogP contribution in [0.15, 0.2) is 63.6 Å². The molecule has 0 aliphatic carbocycles. The zero-order chi connectivity index (χ0) is 16.1. The van der Waals surface area contributed by atoms with Crippen LogP contribution in [-0.4, -0.2) is 13.1 Å². The van der Waals surface area contributed by atoms with Crippen LogP contribution < -0.4 is 17.7 Å². The van der Waals surface area contributed by atoms with Crippen LogP contribution >= 0.6 is 0 Å². The highest BCUT2D eigenvalue weighted by molar-refractivity contribution is 5.89. The summed E-state index contributed by atoms with van der Waals surface area (Å²) in [6.45, 7) is 1.26. The third kappa shape index (κ3) is 4.28. The van der Waals surface area contributed by atoms with Gasteiger partial charge in [-0.05, 0) is 36.4 Å². The SMILES string of the molecule is COC(=O)c1ccc(-c2ccc(CNCc3ccco3)o2)cc1.[Cl-]. The molecule has 24 heavy (non-hydrogen) atoms. The van der Waals surface area contributed by atoms with Gasteiger partial charge in [-0.3, -0.25) is 0 Å². The smallest absolute Gasteiger partial charge is 0.337 e. The predicted molar refractivity (Wildman–Crippen MR) is 84.7 cm³/mol. The molecule has 0 atom stereocenters. The van der Waals surface area contributed by atoms with E-state index in [9.17, 15) is 4.79 Å². The summed E-state index contributed by atoms with van der Waals surface area (Å²) in [6.07, 6.45) is 1.65. The molecule has 2 heterocycles. The van der Waals surface area contributed by atoms with E-state index in [-0.39, 0.29) is 18.4 Å². The zero-order valence-corrected chi connectivity index (χ0v) is 13.9. The number of carbonyl (C=O) groups is 1. The van der Waals surface area contributed by atoms with Gasteiger partial charge in [0.25, 0.3) is 0 Å². The van der Waals surface area contributed by atoms with Crippen LogP contribution in [0.25, 0.3) is 11.3 Å². The highest BCUT2D eigenvalue weighted by atomic mass is 35.5. The lowest BCUT2D eigenvalue weighted by Crippen LogP contribution is -3.00. The van der Waals surface area contributed by atoms with Crippen molar-refractivity contribution in [2.75, 3.05) is 7.11 Å². The standard InChI is InChI=1S/C18H17NO4.ClH/c1-21-18(20)14-6-4-13(5-7-14)17-9-8-16(23-17)12-19-11-15-3-2-10-22-15;/h2-10,19H,11-12H2,1H3;1H/p-1. The van der Waals surface area contributed by atoms with E-state index in [0.717, 1.165) is 22.8 Å². The molecule has 6 heteroatoms. The van der Waals surface area contributed by atoms with Crippen LogP contribution in [0.4, 0.5) is 0 Å². The third-order valence-electron chi connectivity index (χ3n) is 3.43. The highest BCUT2D eigenvalue weighted by Gasteiger charge is 2.08. The van der Waals surface area contributed by atoms with Gasteiger partial charge in [-0.25, -0.2) is 4.79 Å². The fourth-order valence-corrected chi connectivity index (χ4v) is 2.24. The molecule has 3 aromatic rings. The number of hydrogen-bond donors (Lipinski definition) is 1. The van der Waals surface area contributed by atoms with Gasteiger partial charge in [0.2, 0.25) is 0 Å². The van der Waals surface area contributed by atoms with Crippen molar-refractivity contribution in [3.8, 4) is 11.3 Å². The quantitative estimate of drug-likeness (QED) is 0.663. The number of furan rings is 2. The molecule has 0 bridgehead atoms. The van der Waals surface area contributed by atoms with Crippen molar-refractivity contribution < 1.29 is 30.8 Å². The van der Waals surface area contributed by atoms with Crippen LogP contribution in [0.2, 0.25) is 0 Å². The van der Waals surface area contributed by atoms with Crippen LogP contribution in [0, 0.1) is 0 Å². The summed E-state index contributed by atoms with van der Waals surface area (Å²) in [4.78, 5) is 11.4. The molecule has 0 aliphatic rings. The van der Waals surface area contributed by atoms with Gasteiger partial charge in [0.05, 0.1) is 32.0 Å². The van der Waals surface area contributed by atoms with Gasteiger partial charge in [-0.2, -0.15) is 0 Å². The molecule has 126 valence electrons. The average molecular weight is 347 g/mol. The fourth-order valence-electron chi connectivity index (χ4n) is 2.24. The van der Waals surface area contributed by atoms with Crippen molar-refractivity contribution in [1.82, 2.24) is 5.32 Å². The number of esters is 1. The van der Waals surface area contributed by atoms with Crippen LogP contribution in [0.1, 0.15) is 21.9 Å². The largest absolute Gasteiger partial charge is 1.00 e. The second-order valence-corrected chi connectivity index (χ2v) is 5.02. The molecule has 0 unspecified atom stereocenters. The molecule has 0 saturated carbocycles. The van der Waals surface area contributed by atoms with Crippen molar-refractivity contribution in [1.29, 1.82) is 0 Å².